The summed E-state index contributed by atoms with van der Waals surface area (Å²) in [4.78, 5) is 0. The van der Waals surface area contributed by atoms with Gasteiger partial charge in [0.25, 0.3) is 0 Å². The van der Waals surface area contributed by atoms with Crippen LogP contribution in [0.1, 0.15) is 63.8 Å². The Labute approximate surface area is 133 Å². The van der Waals surface area contributed by atoms with Crippen LogP contribution in [0.3, 0.4) is 0 Å². The fourth-order valence-electron chi connectivity index (χ4n) is 2.76. The smallest absolute Gasteiger partial charge is 0.142 e. The van der Waals surface area contributed by atoms with E-state index < -0.39 is 0 Å². The molecule has 0 aliphatic heterocycles. The van der Waals surface area contributed by atoms with Gasteiger partial charge >= 0.3 is 0 Å². The summed E-state index contributed by atoms with van der Waals surface area (Å²) >= 11 is 0. The summed E-state index contributed by atoms with van der Waals surface area (Å²) < 4.78 is 11.1. The predicted octanol–water partition coefficient (Wildman–Crippen LogP) is 4.04. The quantitative estimate of drug-likeness (QED) is 0.826. The summed E-state index contributed by atoms with van der Waals surface area (Å²) in [5.41, 5.74) is 1.58. The lowest BCUT2D eigenvalue weighted by Crippen LogP contribution is -2.22. The Hall–Kier alpha value is -2.20. The van der Waals surface area contributed by atoms with Gasteiger partial charge in [0.15, 0.2) is 0 Å². The maximum atomic E-state index is 9.70. The maximum absolute atomic E-state index is 9.70. The van der Waals surface area contributed by atoms with Crippen molar-refractivity contribution in [2.75, 3.05) is 14.2 Å². The number of hydrogen-bond acceptors (Lipinski definition) is 4. The minimum atomic E-state index is -0.355. The van der Waals surface area contributed by atoms with E-state index in [0.29, 0.717) is 33.8 Å². The van der Waals surface area contributed by atoms with Gasteiger partial charge in [-0.15, -0.1) is 0 Å². The van der Waals surface area contributed by atoms with Gasteiger partial charge in [-0.25, -0.2) is 0 Å². The van der Waals surface area contributed by atoms with Gasteiger partial charge in [0.05, 0.1) is 14.2 Å². The van der Waals surface area contributed by atoms with Crippen LogP contribution < -0.4 is 9.47 Å². The normalized spacial score (nSPS) is 11.5. The highest BCUT2D eigenvalue weighted by molar-refractivity contribution is 5.70. The summed E-state index contributed by atoms with van der Waals surface area (Å²) in [6.45, 7) is 11.9. The molecule has 4 heteroatoms. The lowest BCUT2D eigenvalue weighted by atomic mass is 9.75. The highest BCUT2D eigenvalue weighted by Crippen LogP contribution is 2.47. The highest BCUT2D eigenvalue weighted by Gasteiger charge is 2.35. The molecule has 0 saturated heterocycles. The SMILES string of the molecule is COc1c(C#N)c(C(C)(C)C)c(OC)c(C#N)c1C(C)(C)C. The molecule has 0 radical (unpaired) electrons. The van der Waals surface area contributed by atoms with Gasteiger partial charge in [0.2, 0.25) is 0 Å². The number of nitrogens with zero attached hydrogens (tertiary/aromatic N) is 2. The average Bonchev–Trinajstić information content (AvgIpc) is 2.41. The van der Waals surface area contributed by atoms with Crippen LogP contribution in [-0.4, -0.2) is 14.2 Å². The van der Waals surface area contributed by atoms with E-state index in [1.54, 1.807) is 0 Å². The Balaban J connectivity index is 4.19. The molecular formula is C18H24N2O2. The van der Waals surface area contributed by atoms with Gasteiger partial charge in [-0.1, -0.05) is 41.5 Å². The van der Waals surface area contributed by atoms with Gasteiger partial charge in [-0.2, -0.15) is 10.5 Å². The molecule has 0 heterocycles. The zero-order valence-corrected chi connectivity index (χ0v) is 14.7. The van der Waals surface area contributed by atoms with E-state index in [2.05, 4.69) is 12.1 Å². The Bertz CT molecular complexity index is 603. The third-order valence-corrected chi connectivity index (χ3v) is 3.54. The summed E-state index contributed by atoms with van der Waals surface area (Å²) in [6, 6.07) is 4.49. The second-order valence-corrected chi connectivity index (χ2v) is 7.29. The first-order chi connectivity index (χ1) is 10.0. The van der Waals surface area contributed by atoms with Crippen molar-refractivity contribution < 1.29 is 9.47 Å². The molecule has 0 aromatic heterocycles. The topological polar surface area (TPSA) is 66.0 Å². The first kappa shape index (κ1) is 17.9. The third kappa shape index (κ3) is 2.88. The third-order valence-electron chi connectivity index (χ3n) is 3.54. The van der Waals surface area contributed by atoms with Crippen LogP contribution in [0, 0.1) is 22.7 Å². The van der Waals surface area contributed by atoms with Crippen LogP contribution in [-0.2, 0) is 10.8 Å². The van der Waals surface area contributed by atoms with E-state index in [1.807, 2.05) is 41.5 Å². The average molecular weight is 300 g/mol. The molecule has 1 aromatic rings. The van der Waals surface area contributed by atoms with Gasteiger partial charge in [-0.05, 0) is 10.8 Å². The van der Waals surface area contributed by atoms with Crippen molar-refractivity contribution in [2.45, 2.75) is 52.4 Å². The molecule has 0 amide bonds. The Morgan fingerprint density at radius 3 is 1.09 bits per heavy atom. The van der Waals surface area contributed by atoms with Gasteiger partial charge in [0, 0.05) is 11.1 Å². The zero-order chi connectivity index (χ0) is 17.3. The standard InChI is InChI=1S/C18H24N2O2/c1-17(2,3)13-11(9-19)16(22-8)14(18(4,5)6)12(10-20)15(13)21-7/h1-8H3. The van der Waals surface area contributed by atoms with Gasteiger partial charge < -0.3 is 9.47 Å². The molecule has 0 aliphatic rings. The molecule has 0 unspecified atom stereocenters. The number of methoxy groups -OCH3 is 2. The number of ether oxygens (including phenoxy) is 2. The molecule has 0 aliphatic carbocycles. The molecule has 0 N–H and O–H groups in total. The van der Waals surface area contributed by atoms with Crippen molar-refractivity contribution in [3.8, 4) is 23.6 Å². The zero-order valence-electron chi connectivity index (χ0n) is 14.7. The molecule has 4 nitrogen and oxygen atoms in total. The molecule has 118 valence electrons. The summed E-state index contributed by atoms with van der Waals surface area (Å²) in [7, 11) is 3.07. The Morgan fingerprint density at radius 1 is 0.682 bits per heavy atom. The van der Waals surface area contributed by atoms with E-state index in [4.69, 9.17) is 9.47 Å². The van der Waals surface area contributed by atoms with Gasteiger partial charge in [-0.3, -0.25) is 0 Å². The minimum absolute atomic E-state index is 0.355. The fourth-order valence-corrected chi connectivity index (χ4v) is 2.76. The van der Waals surface area contributed by atoms with E-state index in [1.165, 1.54) is 14.2 Å². The van der Waals surface area contributed by atoms with Crippen molar-refractivity contribution in [3.05, 3.63) is 22.3 Å². The Morgan fingerprint density at radius 2 is 0.955 bits per heavy atom. The first-order valence-corrected chi connectivity index (χ1v) is 7.17. The second kappa shape index (κ2) is 5.89. The largest absolute Gasteiger partial charge is 0.495 e. The van der Waals surface area contributed by atoms with Crippen LogP contribution in [0.15, 0.2) is 0 Å². The van der Waals surface area contributed by atoms with E-state index in [0.717, 1.165) is 0 Å². The number of rotatable bonds is 2. The van der Waals surface area contributed by atoms with Crippen molar-refractivity contribution >= 4 is 0 Å². The fraction of sp³-hybridized carbons (Fsp3) is 0.556. The molecular weight excluding hydrogens is 276 g/mol. The summed E-state index contributed by atoms with van der Waals surface area (Å²) in [6.07, 6.45) is 0. The van der Waals surface area contributed by atoms with Gasteiger partial charge in [0.1, 0.15) is 34.8 Å². The van der Waals surface area contributed by atoms with Crippen molar-refractivity contribution in [1.82, 2.24) is 0 Å². The van der Waals surface area contributed by atoms with Crippen LogP contribution in [0.2, 0.25) is 0 Å². The molecule has 1 aromatic carbocycles. The molecule has 0 saturated carbocycles. The molecule has 0 atom stereocenters. The van der Waals surface area contributed by atoms with Crippen LogP contribution in [0.5, 0.6) is 11.5 Å². The molecule has 0 fully saturated rings. The summed E-state index contributed by atoms with van der Waals surface area (Å²) in [5.74, 6) is 0.939. The second-order valence-electron chi connectivity index (χ2n) is 7.29. The monoisotopic (exact) mass is 300 g/mol. The molecule has 22 heavy (non-hydrogen) atoms. The molecule has 0 bridgehead atoms. The Kier molecular flexibility index (Phi) is 4.78. The minimum Gasteiger partial charge on any atom is -0.495 e. The molecule has 1 rings (SSSR count). The van der Waals surface area contributed by atoms with E-state index in [-0.39, 0.29) is 10.8 Å². The number of nitriles is 2. The number of benzene rings is 1. The van der Waals surface area contributed by atoms with Crippen molar-refractivity contribution in [2.24, 2.45) is 0 Å². The van der Waals surface area contributed by atoms with E-state index >= 15 is 0 Å². The lowest BCUT2D eigenvalue weighted by molar-refractivity contribution is 0.373. The molecule has 0 spiro atoms. The maximum Gasteiger partial charge on any atom is 0.142 e. The highest BCUT2D eigenvalue weighted by atomic mass is 16.5. The van der Waals surface area contributed by atoms with E-state index in [9.17, 15) is 10.5 Å². The summed E-state index contributed by atoms with van der Waals surface area (Å²) in [5, 5.41) is 19.4. The predicted molar refractivity (Wildman–Crippen MR) is 86.4 cm³/mol. The van der Waals surface area contributed by atoms with Crippen molar-refractivity contribution in [1.29, 1.82) is 10.5 Å². The van der Waals surface area contributed by atoms with Crippen LogP contribution in [0.4, 0.5) is 0 Å². The number of hydrogen-bond donors (Lipinski definition) is 0. The first-order valence-electron chi connectivity index (χ1n) is 7.17. The van der Waals surface area contributed by atoms with Crippen LogP contribution >= 0.6 is 0 Å². The lowest BCUT2D eigenvalue weighted by Gasteiger charge is -2.31. The van der Waals surface area contributed by atoms with Crippen LogP contribution in [0.25, 0.3) is 0 Å². The van der Waals surface area contributed by atoms with Crippen molar-refractivity contribution in [3.63, 3.8) is 0 Å².